The third-order valence-corrected chi connectivity index (χ3v) is 3.78. The van der Waals surface area contributed by atoms with Crippen LogP contribution in [-0.4, -0.2) is 24.4 Å². The first-order chi connectivity index (χ1) is 9.15. The van der Waals surface area contributed by atoms with E-state index in [-0.39, 0.29) is 5.91 Å². The highest BCUT2D eigenvalue weighted by Crippen LogP contribution is 2.26. The smallest absolute Gasteiger partial charge is 0.253 e. The first-order valence-electron chi connectivity index (χ1n) is 6.60. The highest BCUT2D eigenvalue weighted by Gasteiger charge is 2.21. The minimum Gasteiger partial charge on any atom is -0.341 e. The van der Waals surface area contributed by atoms with Crippen molar-refractivity contribution in [2.45, 2.75) is 13.3 Å². The second-order valence-corrected chi connectivity index (χ2v) is 5.21. The lowest BCUT2D eigenvalue weighted by Crippen LogP contribution is -2.34. The summed E-state index contributed by atoms with van der Waals surface area (Å²) in [6, 6.07) is 14.7. The molecular formula is C17H17NO. The van der Waals surface area contributed by atoms with Crippen LogP contribution in [0.5, 0.6) is 0 Å². The molecule has 3 rings (SSSR count). The van der Waals surface area contributed by atoms with Crippen molar-refractivity contribution >= 4 is 5.91 Å². The average Bonchev–Trinajstić information content (AvgIpc) is 2.43. The van der Waals surface area contributed by atoms with E-state index in [1.807, 2.05) is 19.2 Å². The van der Waals surface area contributed by atoms with E-state index in [9.17, 15) is 4.79 Å². The molecule has 19 heavy (non-hydrogen) atoms. The van der Waals surface area contributed by atoms with Crippen LogP contribution < -0.4 is 0 Å². The summed E-state index contributed by atoms with van der Waals surface area (Å²) in [4.78, 5) is 13.8. The Labute approximate surface area is 113 Å². The highest BCUT2D eigenvalue weighted by molar-refractivity contribution is 5.97. The van der Waals surface area contributed by atoms with Crippen LogP contribution in [0.3, 0.4) is 0 Å². The van der Waals surface area contributed by atoms with Crippen molar-refractivity contribution < 1.29 is 4.79 Å². The second kappa shape index (κ2) is 4.54. The molecule has 0 bridgehead atoms. The van der Waals surface area contributed by atoms with E-state index in [1.54, 1.807) is 4.90 Å². The SMILES string of the molecule is Cc1ccc(-c2ccc3c(c2)CCN(C)C3=O)cc1. The molecule has 2 aromatic rings. The molecule has 1 aliphatic heterocycles. The van der Waals surface area contributed by atoms with Crippen molar-refractivity contribution in [3.05, 3.63) is 59.2 Å². The number of likely N-dealkylation sites (N-methyl/N-ethyl adjacent to an activating group) is 1. The quantitative estimate of drug-likeness (QED) is 0.761. The summed E-state index contributed by atoms with van der Waals surface area (Å²) in [5, 5.41) is 0. The number of hydrogen-bond acceptors (Lipinski definition) is 1. The predicted octanol–water partition coefficient (Wildman–Crippen LogP) is 3.29. The summed E-state index contributed by atoms with van der Waals surface area (Å²) in [6.45, 7) is 2.90. The zero-order valence-corrected chi connectivity index (χ0v) is 11.3. The summed E-state index contributed by atoms with van der Waals surface area (Å²) in [7, 11) is 1.86. The van der Waals surface area contributed by atoms with Crippen molar-refractivity contribution in [3.8, 4) is 11.1 Å². The molecular weight excluding hydrogens is 234 g/mol. The molecule has 1 amide bonds. The maximum Gasteiger partial charge on any atom is 0.253 e. The van der Waals surface area contributed by atoms with E-state index in [0.717, 1.165) is 18.5 Å². The van der Waals surface area contributed by atoms with Gasteiger partial charge in [-0.15, -0.1) is 0 Å². The van der Waals surface area contributed by atoms with Crippen LogP contribution in [0.2, 0.25) is 0 Å². The number of hydrogen-bond donors (Lipinski definition) is 0. The van der Waals surface area contributed by atoms with Gasteiger partial charge in [-0.1, -0.05) is 42.0 Å². The lowest BCUT2D eigenvalue weighted by molar-refractivity contribution is 0.0781. The molecule has 0 spiro atoms. The number of carbonyl (C=O) groups excluding carboxylic acids is 1. The number of benzene rings is 2. The van der Waals surface area contributed by atoms with E-state index < -0.39 is 0 Å². The average molecular weight is 251 g/mol. The van der Waals surface area contributed by atoms with Gasteiger partial charge in [-0.2, -0.15) is 0 Å². The largest absolute Gasteiger partial charge is 0.341 e. The Morgan fingerprint density at radius 3 is 2.42 bits per heavy atom. The highest BCUT2D eigenvalue weighted by atomic mass is 16.2. The van der Waals surface area contributed by atoms with Gasteiger partial charge in [-0.3, -0.25) is 4.79 Å². The summed E-state index contributed by atoms with van der Waals surface area (Å²) in [6.07, 6.45) is 0.942. The van der Waals surface area contributed by atoms with Crippen molar-refractivity contribution in [2.24, 2.45) is 0 Å². The molecule has 0 N–H and O–H groups in total. The third-order valence-electron chi connectivity index (χ3n) is 3.78. The minimum absolute atomic E-state index is 0.136. The Balaban J connectivity index is 2.02. The van der Waals surface area contributed by atoms with Crippen LogP contribution in [0.15, 0.2) is 42.5 Å². The third kappa shape index (κ3) is 2.14. The van der Waals surface area contributed by atoms with E-state index in [4.69, 9.17) is 0 Å². The van der Waals surface area contributed by atoms with Crippen LogP contribution in [0.25, 0.3) is 11.1 Å². The van der Waals surface area contributed by atoms with E-state index in [2.05, 4.69) is 37.3 Å². The minimum atomic E-state index is 0.136. The lowest BCUT2D eigenvalue weighted by atomic mass is 9.94. The Morgan fingerprint density at radius 1 is 1.00 bits per heavy atom. The molecule has 2 heteroatoms. The number of carbonyl (C=O) groups is 1. The first kappa shape index (κ1) is 12.0. The number of rotatable bonds is 1. The van der Waals surface area contributed by atoms with Gasteiger partial charge < -0.3 is 4.90 Å². The molecule has 0 aliphatic carbocycles. The maximum atomic E-state index is 12.0. The van der Waals surface area contributed by atoms with Crippen molar-refractivity contribution in [3.63, 3.8) is 0 Å². The molecule has 0 radical (unpaired) electrons. The number of aryl methyl sites for hydroxylation is 1. The number of amides is 1. The molecule has 0 saturated heterocycles. The fraction of sp³-hybridized carbons (Fsp3) is 0.235. The Bertz CT molecular complexity index is 628. The van der Waals surface area contributed by atoms with Crippen LogP contribution in [0, 0.1) is 6.92 Å². The fourth-order valence-corrected chi connectivity index (χ4v) is 2.53. The van der Waals surface area contributed by atoms with Crippen LogP contribution >= 0.6 is 0 Å². The zero-order chi connectivity index (χ0) is 13.4. The monoisotopic (exact) mass is 251 g/mol. The van der Waals surface area contributed by atoms with Gasteiger partial charge in [0.05, 0.1) is 0 Å². The Morgan fingerprint density at radius 2 is 1.68 bits per heavy atom. The summed E-state index contributed by atoms with van der Waals surface area (Å²) in [5.41, 5.74) is 5.68. The van der Waals surface area contributed by atoms with E-state index in [1.165, 1.54) is 22.3 Å². The molecule has 96 valence electrons. The maximum absolute atomic E-state index is 12.0. The Hall–Kier alpha value is -2.09. The van der Waals surface area contributed by atoms with Crippen LogP contribution in [-0.2, 0) is 6.42 Å². The predicted molar refractivity (Wildman–Crippen MR) is 77.3 cm³/mol. The van der Waals surface area contributed by atoms with Gasteiger partial charge in [0.25, 0.3) is 5.91 Å². The molecule has 1 aliphatic rings. The summed E-state index contributed by atoms with van der Waals surface area (Å²) in [5.74, 6) is 0.136. The first-order valence-corrected chi connectivity index (χ1v) is 6.60. The van der Waals surface area contributed by atoms with Gasteiger partial charge in [0.15, 0.2) is 0 Å². The van der Waals surface area contributed by atoms with Crippen molar-refractivity contribution in [1.82, 2.24) is 4.90 Å². The lowest BCUT2D eigenvalue weighted by Gasteiger charge is -2.25. The molecule has 1 heterocycles. The van der Waals surface area contributed by atoms with Gasteiger partial charge in [-0.25, -0.2) is 0 Å². The van der Waals surface area contributed by atoms with Crippen LogP contribution in [0.4, 0.5) is 0 Å². The zero-order valence-electron chi connectivity index (χ0n) is 11.3. The normalized spacial score (nSPS) is 14.4. The molecule has 2 nitrogen and oxygen atoms in total. The van der Waals surface area contributed by atoms with Crippen molar-refractivity contribution in [1.29, 1.82) is 0 Å². The second-order valence-electron chi connectivity index (χ2n) is 5.21. The number of fused-ring (bicyclic) bond motifs is 1. The summed E-state index contributed by atoms with van der Waals surface area (Å²) >= 11 is 0. The summed E-state index contributed by atoms with van der Waals surface area (Å²) < 4.78 is 0. The topological polar surface area (TPSA) is 20.3 Å². The molecule has 0 fully saturated rings. The molecule has 0 atom stereocenters. The van der Waals surface area contributed by atoms with E-state index in [0.29, 0.717) is 0 Å². The van der Waals surface area contributed by atoms with Gasteiger partial charge in [0.1, 0.15) is 0 Å². The number of nitrogens with zero attached hydrogens (tertiary/aromatic N) is 1. The molecule has 0 saturated carbocycles. The molecule has 2 aromatic carbocycles. The standard InChI is InChI=1S/C17H17NO/c1-12-3-5-13(6-4-12)14-7-8-16-15(11-14)9-10-18(2)17(16)19/h3-8,11H,9-10H2,1-2H3. The van der Waals surface area contributed by atoms with Crippen LogP contribution in [0.1, 0.15) is 21.5 Å². The molecule has 0 unspecified atom stereocenters. The van der Waals surface area contributed by atoms with Gasteiger partial charge in [0, 0.05) is 19.2 Å². The van der Waals surface area contributed by atoms with Crippen molar-refractivity contribution in [2.75, 3.05) is 13.6 Å². The van der Waals surface area contributed by atoms with Gasteiger partial charge in [0.2, 0.25) is 0 Å². The fourth-order valence-electron chi connectivity index (χ4n) is 2.53. The molecule has 0 aromatic heterocycles. The Kier molecular flexibility index (Phi) is 2.86. The van der Waals surface area contributed by atoms with Gasteiger partial charge >= 0.3 is 0 Å². The van der Waals surface area contributed by atoms with E-state index >= 15 is 0 Å². The van der Waals surface area contributed by atoms with Gasteiger partial charge in [-0.05, 0) is 36.1 Å².